The zero-order valence-electron chi connectivity index (χ0n) is 12.5. The molecule has 2 rings (SSSR count). The van der Waals surface area contributed by atoms with Gasteiger partial charge in [-0.1, -0.05) is 48.8 Å². The third-order valence-electron chi connectivity index (χ3n) is 1.82. The van der Waals surface area contributed by atoms with Crippen molar-refractivity contribution in [3.8, 4) is 0 Å². The van der Waals surface area contributed by atoms with Crippen molar-refractivity contribution in [3.05, 3.63) is 58.2 Å². The minimum Gasteiger partial charge on any atom is -0.442 e. The van der Waals surface area contributed by atoms with E-state index in [1.54, 1.807) is 24.3 Å². The summed E-state index contributed by atoms with van der Waals surface area (Å²) in [6.45, 7) is 0. The molecule has 12 heteroatoms. The second kappa shape index (κ2) is 11.8. The van der Waals surface area contributed by atoms with E-state index < -0.39 is 20.0 Å². The molecule has 0 saturated heterocycles. The summed E-state index contributed by atoms with van der Waals surface area (Å²) in [5.41, 5.74) is 0. The maximum absolute atomic E-state index is 10.6. The molecule has 0 radical (unpaired) electrons. The van der Waals surface area contributed by atoms with Crippen LogP contribution >= 0.6 is 0 Å². The summed E-state index contributed by atoms with van der Waals surface area (Å²) in [6, 6.07) is 9.80. The number of nitrogens with zero attached hydrogens (tertiary/aromatic N) is 4. The van der Waals surface area contributed by atoms with Gasteiger partial charge in [-0.05, 0) is 11.6 Å². The summed E-state index contributed by atoms with van der Waals surface area (Å²) in [6.07, 6.45) is 5.04. The number of hydrogen-bond donors (Lipinski definition) is 0. The predicted octanol–water partition coefficient (Wildman–Crippen LogP) is 2.09. The standard InChI is InChI=1S/2C6H7N2O2S.2Ag/c2*1-11(9,10)8-6-4-2-3-5-7-6;;/h2*2-5H,1H3;;/q2*-1;2*+1. The fourth-order valence-corrected chi connectivity index (χ4v) is 2.05. The van der Waals surface area contributed by atoms with E-state index in [0.717, 1.165) is 12.5 Å². The average molecular weight is 558 g/mol. The van der Waals surface area contributed by atoms with Gasteiger partial charge in [-0.2, -0.15) is 0 Å². The number of rotatable bonds is 4. The average Bonchev–Trinajstić information content (AvgIpc) is 2.38. The molecule has 2 aromatic rings. The van der Waals surface area contributed by atoms with E-state index in [4.69, 9.17) is 0 Å². The maximum atomic E-state index is 10.6. The van der Waals surface area contributed by atoms with Crippen molar-refractivity contribution in [1.82, 2.24) is 9.97 Å². The first-order valence-corrected chi connectivity index (χ1v) is 9.53. The van der Waals surface area contributed by atoms with E-state index in [0.29, 0.717) is 0 Å². The molecule has 0 amide bonds. The molecule has 0 aromatic carbocycles. The largest absolute Gasteiger partial charge is 1.00 e. The monoisotopic (exact) mass is 556 g/mol. The zero-order valence-corrected chi connectivity index (χ0v) is 17.1. The fraction of sp³-hybridized carbons (Fsp3) is 0.167. The van der Waals surface area contributed by atoms with Gasteiger partial charge in [-0.3, -0.25) is 0 Å². The van der Waals surface area contributed by atoms with E-state index in [2.05, 4.69) is 19.4 Å². The number of hydrogen-bond acceptors (Lipinski definition) is 6. The molecule has 24 heavy (non-hydrogen) atoms. The van der Waals surface area contributed by atoms with E-state index in [-0.39, 0.29) is 56.4 Å². The predicted molar refractivity (Wildman–Crippen MR) is 84.2 cm³/mol. The molecule has 2 aromatic heterocycles. The molecular weight excluding hydrogens is 544 g/mol. The molecule has 0 spiro atoms. The van der Waals surface area contributed by atoms with Gasteiger partial charge in [0, 0.05) is 12.5 Å². The third-order valence-corrected chi connectivity index (χ3v) is 2.85. The summed E-state index contributed by atoms with van der Waals surface area (Å²) in [7, 11) is -6.63. The van der Waals surface area contributed by atoms with Crippen LogP contribution in [0.1, 0.15) is 0 Å². The van der Waals surface area contributed by atoms with Crippen LogP contribution in [0.4, 0.5) is 11.6 Å². The quantitative estimate of drug-likeness (QED) is 0.530. The van der Waals surface area contributed by atoms with Crippen LogP contribution in [0, 0.1) is 0 Å². The molecule has 8 nitrogen and oxygen atoms in total. The Morgan fingerprint density at radius 2 is 1.04 bits per heavy atom. The van der Waals surface area contributed by atoms with E-state index in [1.165, 1.54) is 24.5 Å². The molecule has 0 saturated carbocycles. The summed E-state index contributed by atoms with van der Waals surface area (Å²) in [5.74, 6) is 0.435. The fourth-order valence-electron chi connectivity index (χ4n) is 1.16. The summed E-state index contributed by atoms with van der Waals surface area (Å²) in [4.78, 5) is 7.44. The molecular formula is C12H14Ag2N4O4S2. The minimum absolute atomic E-state index is 0. The van der Waals surface area contributed by atoms with Gasteiger partial charge in [-0.15, -0.1) is 0 Å². The van der Waals surface area contributed by atoms with E-state index in [1.807, 2.05) is 0 Å². The Kier molecular flexibility index (Phi) is 12.5. The molecule has 0 aliphatic heterocycles. The van der Waals surface area contributed by atoms with Crippen LogP contribution in [0.3, 0.4) is 0 Å². The Morgan fingerprint density at radius 1 is 0.708 bits per heavy atom. The van der Waals surface area contributed by atoms with Crippen molar-refractivity contribution in [3.63, 3.8) is 0 Å². The Morgan fingerprint density at radius 3 is 1.25 bits per heavy atom. The van der Waals surface area contributed by atoms with Crippen molar-refractivity contribution in [1.29, 1.82) is 0 Å². The number of pyridine rings is 2. The van der Waals surface area contributed by atoms with E-state index >= 15 is 0 Å². The smallest absolute Gasteiger partial charge is 0.442 e. The van der Waals surface area contributed by atoms with Crippen molar-refractivity contribution in [2.45, 2.75) is 0 Å². The third kappa shape index (κ3) is 13.7. The van der Waals surface area contributed by atoms with Crippen LogP contribution in [0.25, 0.3) is 9.44 Å². The van der Waals surface area contributed by atoms with Crippen molar-refractivity contribution in [2.24, 2.45) is 0 Å². The molecule has 0 aliphatic carbocycles. The molecule has 0 bridgehead atoms. The van der Waals surface area contributed by atoms with Crippen LogP contribution in [0.15, 0.2) is 48.8 Å². The second-order valence-corrected chi connectivity index (χ2v) is 7.32. The SMILES string of the molecule is CS(=O)(=O)[N-]c1ccccn1.CS(=O)(=O)[N-]c1ccccn1.[Ag+].[Ag+]. The van der Waals surface area contributed by atoms with Crippen LogP contribution in [-0.4, -0.2) is 39.3 Å². The van der Waals surface area contributed by atoms with Crippen LogP contribution in [-0.2, 0) is 64.8 Å². The molecule has 0 fully saturated rings. The molecule has 140 valence electrons. The second-order valence-electron chi connectivity index (χ2n) is 4.02. The van der Waals surface area contributed by atoms with Crippen LogP contribution < -0.4 is 0 Å². The van der Waals surface area contributed by atoms with Crippen molar-refractivity contribution >= 4 is 31.7 Å². The van der Waals surface area contributed by atoms with Gasteiger partial charge in [0.25, 0.3) is 0 Å². The van der Waals surface area contributed by atoms with Gasteiger partial charge in [0.15, 0.2) is 20.0 Å². The van der Waals surface area contributed by atoms with Gasteiger partial charge in [0.05, 0.1) is 0 Å². The Balaban J connectivity index is 0. The topological polar surface area (TPSA) is 122 Å². The normalized spacial score (nSPS) is 10.1. The Labute approximate surface area is 173 Å². The van der Waals surface area contributed by atoms with Gasteiger partial charge >= 0.3 is 44.8 Å². The van der Waals surface area contributed by atoms with Gasteiger partial charge in [0.2, 0.25) is 0 Å². The first kappa shape index (κ1) is 25.5. The van der Waals surface area contributed by atoms with Crippen LogP contribution in [0.2, 0.25) is 0 Å². The Hall–Kier alpha value is -0.719. The van der Waals surface area contributed by atoms with Crippen molar-refractivity contribution in [2.75, 3.05) is 12.5 Å². The first-order chi connectivity index (χ1) is 10.2. The maximum Gasteiger partial charge on any atom is 1.00 e. The van der Waals surface area contributed by atoms with Crippen molar-refractivity contribution < 1.29 is 61.6 Å². The molecule has 0 N–H and O–H groups in total. The first-order valence-electron chi connectivity index (χ1n) is 5.84. The molecule has 0 aliphatic rings. The number of sulfonamides is 2. The number of aromatic nitrogens is 2. The van der Waals surface area contributed by atoms with E-state index in [9.17, 15) is 16.8 Å². The molecule has 0 atom stereocenters. The van der Waals surface area contributed by atoms with Gasteiger partial charge in [-0.25, -0.2) is 16.8 Å². The zero-order chi connectivity index (χ0) is 16.6. The van der Waals surface area contributed by atoms with Gasteiger partial charge in [0.1, 0.15) is 0 Å². The van der Waals surface area contributed by atoms with Gasteiger partial charge < -0.3 is 19.4 Å². The Bertz CT molecular complexity index is 719. The summed E-state index contributed by atoms with van der Waals surface area (Å²) in [5, 5.41) is 0. The summed E-state index contributed by atoms with van der Waals surface area (Å²) >= 11 is 0. The minimum atomic E-state index is -3.31. The molecule has 2 heterocycles. The molecule has 0 unspecified atom stereocenters. The summed E-state index contributed by atoms with van der Waals surface area (Å²) < 4.78 is 49.1. The van der Waals surface area contributed by atoms with Crippen LogP contribution in [0.5, 0.6) is 0 Å².